The summed E-state index contributed by atoms with van der Waals surface area (Å²) in [5, 5.41) is 18.1. The van der Waals surface area contributed by atoms with Gasteiger partial charge in [0.2, 0.25) is 17.7 Å². The molecule has 5 atom stereocenters. The first-order valence-corrected chi connectivity index (χ1v) is 12.7. The van der Waals surface area contributed by atoms with Crippen molar-refractivity contribution in [2.45, 2.75) is 64.7 Å². The molecule has 0 spiro atoms. The van der Waals surface area contributed by atoms with Crippen molar-refractivity contribution in [3.8, 4) is 0 Å². The van der Waals surface area contributed by atoms with Gasteiger partial charge in [0.25, 0.3) is 0 Å². The van der Waals surface area contributed by atoms with Gasteiger partial charge >= 0.3 is 5.97 Å². The zero-order valence-electron chi connectivity index (χ0n) is 21.1. The largest absolute Gasteiger partial charge is 0.480 e. The maximum absolute atomic E-state index is 13.3. The zero-order valence-corrected chi connectivity index (χ0v) is 22.0. The topological polar surface area (TPSA) is 166 Å². The summed E-state index contributed by atoms with van der Waals surface area (Å²) in [5.74, 6) is -3.39. The van der Waals surface area contributed by atoms with Gasteiger partial charge in [0.15, 0.2) is 0 Å². The summed E-state index contributed by atoms with van der Waals surface area (Å²) in [6, 6.07) is 3.47. The Hall–Kier alpha value is -3.05. The van der Waals surface area contributed by atoms with E-state index in [1.807, 2.05) is 38.1 Å². The highest BCUT2D eigenvalue weighted by Gasteiger charge is 2.32. The number of aromatic amines is 1. The van der Waals surface area contributed by atoms with Crippen LogP contribution in [-0.4, -0.2) is 63.7 Å². The number of aromatic nitrogens is 1. The van der Waals surface area contributed by atoms with Gasteiger partial charge in [-0.1, -0.05) is 52.3 Å². The summed E-state index contributed by atoms with van der Waals surface area (Å²) in [4.78, 5) is 53.7. The second-order valence-electron chi connectivity index (χ2n) is 9.35. The summed E-state index contributed by atoms with van der Waals surface area (Å²) in [5.41, 5.74) is 7.67. The van der Waals surface area contributed by atoms with Crippen LogP contribution in [0.25, 0.3) is 10.9 Å². The molecule has 198 valence electrons. The van der Waals surface area contributed by atoms with Crippen molar-refractivity contribution in [1.82, 2.24) is 20.9 Å². The lowest BCUT2D eigenvalue weighted by Gasteiger charge is -2.27. The van der Waals surface area contributed by atoms with Gasteiger partial charge in [-0.05, 0) is 23.5 Å². The molecule has 0 bridgehead atoms. The Balaban J connectivity index is 2.29. The number of thiol groups is 1. The van der Waals surface area contributed by atoms with Crippen LogP contribution in [0.15, 0.2) is 30.5 Å². The molecule has 10 nitrogen and oxygen atoms in total. The lowest BCUT2D eigenvalue weighted by molar-refractivity contribution is -0.141. The van der Waals surface area contributed by atoms with Crippen molar-refractivity contribution >= 4 is 47.2 Å². The maximum atomic E-state index is 13.3. The van der Waals surface area contributed by atoms with Crippen molar-refractivity contribution in [2.24, 2.45) is 17.6 Å². The minimum Gasteiger partial charge on any atom is -0.480 e. The molecule has 2 rings (SSSR count). The minimum atomic E-state index is -1.23. The standard InChI is InChI=1S/C25H37N5O5S/c1-5-14(4)20(26)23(32)30-21(13(2)3)24(33)28-18(22(31)29-19(12-36)25(34)35)10-15-11-27-17-9-7-6-8-16(15)17/h6-9,11,13-14,18-21,27,36H,5,10,12,26H2,1-4H3,(H,28,33)(H,29,31)(H,30,32)(H,34,35). The number of carboxylic acids is 1. The SMILES string of the molecule is CCC(C)C(N)C(=O)NC(C(=O)NC(Cc1c[nH]c2ccccc12)C(=O)NC(CS)C(=O)O)C(C)C. The number of carboxylic acid groups (broad SMARTS) is 1. The van der Waals surface area contributed by atoms with Crippen molar-refractivity contribution in [3.05, 3.63) is 36.0 Å². The monoisotopic (exact) mass is 519 g/mol. The number of hydrogen-bond acceptors (Lipinski definition) is 6. The van der Waals surface area contributed by atoms with E-state index in [4.69, 9.17) is 5.73 Å². The van der Waals surface area contributed by atoms with Crippen LogP contribution in [0.2, 0.25) is 0 Å². The van der Waals surface area contributed by atoms with Gasteiger partial charge in [-0.2, -0.15) is 12.6 Å². The third-order valence-corrected chi connectivity index (χ3v) is 6.70. The highest BCUT2D eigenvalue weighted by atomic mass is 32.1. The Morgan fingerprint density at radius 1 is 1.00 bits per heavy atom. The molecule has 3 amide bonds. The van der Waals surface area contributed by atoms with Crippen LogP contribution in [0.1, 0.15) is 39.7 Å². The van der Waals surface area contributed by atoms with E-state index in [0.717, 1.165) is 16.5 Å². The Bertz CT molecular complexity index is 1070. The molecule has 36 heavy (non-hydrogen) atoms. The smallest absolute Gasteiger partial charge is 0.327 e. The van der Waals surface area contributed by atoms with E-state index in [0.29, 0.717) is 6.42 Å². The van der Waals surface area contributed by atoms with Crippen LogP contribution in [-0.2, 0) is 25.6 Å². The summed E-state index contributed by atoms with van der Waals surface area (Å²) in [6.45, 7) is 7.33. The highest BCUT2D eigenvalue weighted by Crippen LogP contribution is 2.19. The van der Waals surface area contributed by atoms with Crippen LogP contribution in [0, 0.1) is 11.8 Å². The van der Waals surface area contributed by atoms with Crippen LogP contribution in [0.3, 0.4) is 0 Å². The third-order valence-electron chi connectivity index (χ3n) is 6.34. The fourth-order valence-corrected chi connectivity index (χ4v) is 3.99. The molecule has 0 saturated heterocycles. The van der Waals surface area contributed by atoms with Gasteiger partial charge in [0, 0.05) is 29.3 Å². The predicted octanol–water partition coefficient (Wildman–Crippen LogP) is 1.21. The second kappa shape index (κ2) is 13.3. The van der Waals surface area contributed by atoms with Crippen molar-refractivity contribution in [3.63, 3.8) is 0 Å². The van der Waals surface area contributed by atoms with E-state index in [1.54, 1.807) is 20.0 Å². The Morgan fingerprint density at radius 2 is 1.64 bits per heavy atom. The van der Waals surface area contributed by atoms with Crippen LogP contribution < -0.4 is 21.7 Å². The highest BCUT2D eigenvalue weighted by molar-refractivity contribution is 7.80. The molecule has 0 aliphatic heterocycles. The molecule has 0 fully saturated rings. The number of aliphatic carboxylic acids is 1. The lowest BCUT2D eigenvalue weighted by atomic mass is 9.97. The number of nitrogens with one attached hydrogen (secondary N) is 4. The molecule has 0 saturated carbocycles. The van der Waals surface area contributed by atoms with Gasteiger partial charge < -0.3 is 31.8 Å². The number of amides is 3. The lowest BCUT2D eigenvalue weighted by Crippen LogP contribution is -2.59. The molecular weight excluding hydrogens is 482 g/mol. The quantitative estimate of drug-likeness (QED) is 0.196. The number of benzene rings is 1. The van der Waals surface area contributed by atoms with Crippen LogP contribution in [0.4, 0.5) is 0 Å². The van der Waals surface area contributed by atoms with E-state index in [9.17, 15) is 24.3 Å². The molecule has 0 aliphatic rings. The number of para-hydroxylation sites is 1. The summed E-state index contributed by atoms with van der Waals surface area (Å²) in [6.07, 6.45) is 2.55. The Labute approximate surface area is 216 Å². The van der Waals surface area contributed by atoms with Gasteiger partial charge in [0.05, 0.1) is 6.04 Å². The number of hydrogen-bond donors (Lipinski definition) is 7. The van der Waals surface area contributed by atoms with E-state index in [-0.39, 0.29) is 24.0 Å². The third kappa shape index (κ3) is 7.47. The van der Waals surface area contributed by atoms with Crippen LogP contribution >= 0.6 is 12.6 Å². The molecule has 11 heteroatoms. The molecule has 1 heterocycles. The number of fused-ring (bicyclic) bond motifs is 1. The van der Waals surface area contributed by atoms with Gasteiger partial charge in [-0.3, -0.25) is 14.4 Å². The molecule has 2 aromatic rings. The summed E-state index contributed by atoms with van der Waals surface area (Å²) >= 11 is 4.00. The average Bonchev–Trinajstić information content (AvgIpc) is 3.26. The van der Waals surface area contributed by atoms with Crippen molar-refractivity contribution < 1.29 is 24.3 Å². The molecule has 0 aliphatic carbocycles. The van der Waals surface area contributed by atoms with E-state index in [2.05, 4.69) is 33.6 Å². The fraction of sp³-hybridized carbons (Fsp3) is 0.520. The molecule has 0 radical (unpaired) electrons. The molecule has 1 aromatic heterocycles. The zero-order chi connectivity index (χ0) is 27.0. The fourth-order valence-electron chi connectivity index (χ4n) is 3.75. The second-order valence-corrected chi connectivity index (χ2v) is 9.71. The molecule has 1 aromatic carbocycles. The van der Waals surface area contributed by atoms with Gasteiger partial charge in [-0.15, -0.1) is 0 Å². The van der Waals surface area contributed by atoms with Gasteiger partial charge in [0.1, 0.15) is 18.1 Å². The minimum absolute atomic E-state index is 0.0737. The van der Waals surface area contributed by atoms with Crippen molar-refractivity contribution in [1.29, 1.82) is 0 Å². The number of H-pyrrole nitrogens is 1. The van der Waals surface area contributed by atoms with E-state index < -0.39 is 47.9 Å². The van der Waals surface area contributed by atoms with E-state index in [1.165, 1.54) is 0 Å². The number of carbonyl (C=O) groups is 4. The van der Waals surface area contributed by atoms with Crippen molar-refractivity contribution in [2.75, 3.05) is 5.75 Å². The Morgan fingerprint density at radius 3 is 2.22 bits per heavy atom. The molecular formula is C25H37N5O5S. The number of carbonyl (C=O) groups excluding carboxylic acids is 3. The normalized spacial score (nSPS) is 15.5. The number of rotatable bonds is 13. The summed E-state index contributed by atoms with van der Waals surface area (Å²) in [7, 11) is 0. The molecule has 5 unspecified atom stereocenters. The average molecular weight is 520 g/mol. The van der Waals surface area contributed by atoms with Crippen LogP contribution in [0.5, 0.6) is 0 Å². The van der Waals surface area contributed by atoms with E-state index >= 15 is 0 Å². The maximum Gasteiger partial charge on any atom is 0.327 e. The Kier molecular flexibility index (Phi) is 10.8. The summed E-state index contributed by atoms with van der Waals surface area (Å²) < 4.78 is 0. The molecule has 7 N–H and O–H groups in total. The number of nitrogens with two attached hydrogens (primary N) is 1. The first-order chi connectivity index (χ1) is 17.0. The van der Waals surface area contributed by atoms with Gasteiger partial charge in [-0.25, -0.2) is 4.79 Å². The first-order valence-electron chi connectivity index (χ1n) is 12.0. The first kappa shape index (κ1) is 29.2. The predicted molar refractivity (Wildman–Crippen MR) is 142 cm³/mol.